The Morgan fingerprint density at radius 2 is 1.63 bits per heavy atom. The summed E-state index contributed by atoms with van der Waals surface area (Å²) < 4.78 is 5.27. The quantitative estimate of drug-likeness (QED) is 0.408. The molecule has 178 valence electrons. The number of anilines is 2. The van der Waals surface area contributed by atoms with E-state index in [0.29, 0.717) is 17.1 Å². The van der Waals surface area contributed by atoms with Crippen molar-refractivity contribution in [2.75, 3.05) is 43.1 Å². The molecule has 1 saturated heterocycles. The molecule has 4 aromatic rings. The summed E-state index contributed by atoms with van der Waals surface area (Å²) in [5.41, 5.74) is 3.63. The minimum Gasteiger partial charge on any atom is -0.497 e. The van der Waals surface area contributed by atoms with Gasteiger partial charge in [0.25, 0.3) is 5.91 Å². The Morgan fingerprint density at radius 3 is 2.34 bits per heavy atom. The van der Waals surface area contributed by atoms with Crippen LogP contribution >= 0.6 is 11.6 Å². The van der Waals surface area contributed by atoms with Gasteiger partial charge in [-0.2, -0.15) is 0 Å². The van der Waals surface area contributed by atoms with Crippen LogP contribution in [-0.4, -0.2) is 44.2 Å². The highest BCUT2D eigenvalue weighted by atomic mass is 35.5. The number of hydrogen-bond donors (Lipinski definition) is 1. The first kappa shape index (κ1) is 23.0. The first-order valence-corrected chi connectivity index (χ1v) is 12.0. The van der Waals surface area contributed by atoms with Crippen molar-refractivity contribution < 1.29 is 9.53 Å². The van der Waals surface area contributed by atoms with Crippen LogP contribution in [-0.2, 0) is 6.54 Å². The molecule has 5 rings (SSSR count). The van der Waals surface area contributed by atoms with Crippen molar-refractivity contribution in [2.24, 2.45) is 0 Å². The molecule has 1 amide bonds. The number of hydrogen-bond acceptors (Lipinski definition) is 5. The predicted molar refractivity (Wildman–Crippen MR) is 142 cm³/mol. The molecular formula is C28H27ClN4O2. The van der Waals surface area contributed by atoms with Gasteiger partial charge in [-0.25, -0.2) is 4.98 Å². The zero-order valence-corrected chi connectivity index (χ0v) is 20.3. The number of carbonyl (C=O) groups excluding carboxylic acids is 1. The normalized spacial score (nSPS) is 13.7. The number of nitrogens with one attached hydrogen (secondary N) is 1. The van der Waals surface area contributed by atoms with Crippen LogP contribution in [0.25, 0.3) is 10.9 Å². The zero-order chi connectivity index (χ0) is 24.2. The number of benzene rings is 3. The molecule has 6 nitrogen and oxygen atoms in total. The number of piperazine rings is 1. The summed E-state index contributed by atoms with van der Waals surface area (Å²) in [6.07, 6.45) is 0. The van der Waals surface area contributed by atoms with Gasteiger partial charge in [-0.3, -0.25) is 4.79 Å². The van der Waals surface area contributed by atoms with E-state index in [1.165, 1.54) is 5.69 Å². The molecule has 0 atom stereocenters. The van der Waals surface area contributed by atoms with Crippen molar-refractivity contribution in [1.82, 2.24) is 10.3 Å². The van der Waals surface area contributed by atoms with Gasteiger partial charge in [0.2, 0.25) is 0 Å². The minimum absolute atomic E-state index is 0.114. The fourth-order valence-corrected chi connectivity index (χ4v) is 4.50. The number of ether oxygens (including phenoxy) is 1. The topological polar surface area (TPSA) is 57.7 Å². The van der Waals surface area contributed by atoms with Crippen LogP contribution in [0.1, 0.15) is 15.9 Å². The average molecular weight is 487 g/mol. The highest BCUT2D eigenvalue weighted by molar-refractivity contribution is 6.30. The molecule has 2 heterocycles. The Morgan fingerprint density at radius 1 is 0.943 bits per heavy atom. The lowest BCUT2D eigenvalue weighted by Gasteiger charge is -2.37. The molecule has 1 aromatic heterocycles. The van der Waals surface area contributed by atoms with E-state index in [2.05, 4.69) is 27.2 Å². The predicted octanol–water partition coefficient (Wildman–Crippen LogP) is 5.15. The van der Waals surface area contributed by atoms with Gasteiger partial charge >= 0.3 is 0 Å². The van der Waals surface area contributed by atoms with Gasteiger partial charge < -0.3 is 19.9 Å². The van der Waals surface area contributed by atoms with Gasteiger partial charge in [0.05, 0.1) is 18.2 Å². The van der Waals surface area contributed by atoms with Crippen molar-refractivity contribution in [3.8, 4) is 5.75 Å². The minimum atomic E-state index is -0.114. The van der Waals surface area contributed by atoms with Gasteiger partial charge in [-0.15, -0.1) is 0 Å². The molecule has 0 unspecified atom stereocenters. The van der Waals surface area contributed by atoms with Crippen LogP contribution in [0.15, 0.2) is 78.9 Å². The molecule has 3 aromatic carbocycles. The Balaban J connectivity index is 1.33. The van der Waals surface area contributed by atoms with E-state index in [1.807, 2.05) is 66.7 Å². The average Bonchev–Trinajstić information content (AvgIpc) is 2.92. The summed E-state index contributed by atoms with van der Waals surface area (Å²) in [6.45, 7) is 3.83. The molecule has 1 N–H and O–H groups in total. The van der Waals surface area contributed by atoms with Crippen molar-refractivity contribution in [3.63, 3.8) is 0 Å². The molecule has 1 fully saturated rings. The SMILES string of the molecule is COc1ccc(N2CCN(c3cc(C(=O)NCc4ccc(Cl)cc4)c4ccccc4n3)CC2)cc1. The molecule has 1 aliphatic rings. The Bertz CT molecular complexity index is 1320. The van der Waals surface area contributed by atoms with E-state index >= 15 is 0 Å². The van der Waals surface area contributed by atoms with E-state index in [1.54, 1.807) is 7.11 Å². The number of rotatable bonds is 6. The third-order valence-corrected chi connectivity index (χ3v) is 6.61. The maximum absolute atomic E-state index is 13.2. The molecule has 0 saturated carbocycles. The number of halogens is 1. The van der Waals surface area contributed by atoms with Crippen molar-refractivity contribution in [2.45, 2.75) is 6.54 Å². The number of para-hydroxylation sites is 1. The van der Waals surface area contributed by atoms with Gasteiger partial charge in [-0.05, 0) is 54.1 Å². The summed E-state index contributed by atoms with van der Waals surface area (Å²) in [4.78, 5) is 22.7. The summed E-state index contributed by atoms with van der Waals surface area (Å²) in [7, 11) is 1.68. The molecule has 0 radical (unpaired) electrons. The highest BCUT2D eigenvalue weighted by Gasteiger charge is 2.21. The molecular weight excluding hydrogens is 460 g/mol. The second-order valence-corrected chi connectivity index (χ2v) is 8.96. The van der Waals surface area contributed by atoms with E-state index in [9.17, 15) is 4.79 Å². The lowest BCUT2D eigenvalue weighted by molar-refractivity contribution is 0.0952. The summed E-state index contributed by atoms with van der Waals surface area (Å²) >= 11 is 5.98. The molecule has 0 spiro atoms. The number of nitrogens with zero attached hydrogens (tertiary/aromatic N) is 3. The van der Waals surface area contributed by atoms with E-state index < -0.39 is 0 Å². The van der Waals surface area contributed by atoms with E-state index in [0.717, 1.165) is 54.2 Å². The van der Waals surface area contributed by atoms with Crippen LogP contribution in [0.5, 0.6) is 5.75 Å². The van der Waals surface area contributed by atoms with Crippen molar-refractivity contribution in [3.05, 3.63) is 95.0 Å². The smallest absolute Gasteiger partial charge is 0.252 e. The number of carbonyl (C=O) groups is 1. The fraction of sp³-hybridized carbons (Fsp3) is 0.214. The van der Waals surface area contributed by atoms with Crippen LogP contribution in [0.2, 0.25) is 5.02 Å². The van der Waals surface area contributed by atoms with Gasteiger partial charge in [0.15, 0.2) is 0 Å². The largest absolute Gasteiger partial charge is 0.497 e. The first-order valence-electron chi connectivity index (χ1n) is 11.7. The Kier molecular flexibility index (Phi) is 6.73. The number of pyridine rings is 1. The van der Waals surface area contributed by atoms with Crippen LogP contribution in [0, 0.1) is 0 Å². The lowest BCUT2D eigenvalue weighted by atomic mass is 10.1. The zero-order valence-electron chi connectivity index (χ0n) is 19.6. The maximum atomic E-state index is 13.2. The molecule has 0 aliphatic carbocycles. The van der Waals surface area contributed by atoms with Crippen LogP contribution in [0.4, 0.5) is 11.5 Å². The first-order chi connectivity index (χ1) is 17.1. The second-order valence-electron chi connectivity index (χ2n) is 8.53. The summed E-state index contributed by atoms with van der Waals surface area (Å²) in [5.74, 6) is 1.57. The Hall–Kier alpha value is -3.77. The number of fused-ring (bicyclic) bond motifs is 1. The van der Waals surface area contributed by atoms with Crippen molar-refractivity contribution >= 4 is 39.9 Å². The third-order valence-electron chi connectivity index (χ3n) is 6.35. The number of aromatic nitrogens is 1. The van der Waals surface area contributed by atoms with Gasteiger partial charge in [0, 0.05) is 48.8 Å². The fourth-order valence-electron chi connectivity index (χ4n) is 4.38. The van der Waals surface area contributed by atoms with Crippen molar-refractivity contribution in [1.29, 1.82) is 0 Å². The van der Waals surface area contributed by atoms with Crippen LogP contribution in [0.3, 0.4) is 0 Å². The van der Waals surface area contributed by atoms with Gasteiger partial charge in [-0.1, -0.05) is 41.9 Å². The third kappa shape index (κ3) is 5.17. The summed E-state index contributed by atoms with van der Waals surface area (Å²) in [5, 5.41) is 4.57. The summed E-state index contributed by atoms with van der Waals surface area (Å²) in [6, 6.07) is 25.4. The Labute approximate surface area is 210 Å². The molecule has 35 heavy (non-hydrogen) atoms. The van der Waals surface area contributed by atoms with E-state index in [4.69, 9.17) is 21.3 Å². The van der Waals surface area contributed by atoms with Crippen LogP contribution < -0.4 is 19.9 Å². The molecule has 1 aliphatic heterocycles. The monoisotopic (exact) mass is 486 g/mol. The maximum Gasteiger partial charge on any atom is 0.252 e. The number of methoxy groups -OCH3 is 1. The van der Waals surface area contributed by atoms with Gasteiger partial charge in [0.1, 0.15) is 11.6 Å². The standard InChI is InChI=1S/C28H27ClN4O2/c1-35-23-12-10-22(11-13-23)32-14-16-33(17-15-32)27-18-25(24-4-2-3-5-26(24)31-27)28(34)30-19-20-6-8-21(29)9-7-20/h2-13,18H,14-17,19H2,1H3,(H,30,34). The number of amides is 1. The lowest BCUT2D eigenvalue weighted by Crippen LogP contribution is -2.46. The molecule has 0 bridgehead atoms. The molecule has 7 heteroatoms. The van der Waals surface area contributed by atoms with E-state index in [-0.39, 0.29) is 5.91 Å². The highest BCUT2D eigenvalue weighted by Crippen LogP contribution is 2.26. The second kappa shape index (κ2) is 10.2.